The van der Waals surface area contributed by atoms with Gasteiger partial charge in [-0.3, -0.25) is 0 Å². The van der Waals surface area contributed by atoms with Crippen molar-refractivity contribution in [2.24, 2.45) is 0 Å². The van der Waals surface area contributed by atoms with Gasteiger partial charge < -0.3 is 24.8 Å². The van der Waals surface area contributed by atoms with Crippen LogP contribution in [0.3, 0.4) is 0 Å². The van der Waals surface area contributed by atoms with Crippen molar-refractivity contribution >= 4 is 29.4 Å². The molecule has 0 aliphatic heterocycles. The second kappa shape index (κ2) is 16.0. The molecule has 0 aliphatic carbocycles. The summed E-state index contributed by atoms with van der Waals surface area (Å²) in [5, 5.41) is 11.7. The Labute approximate surface area is 215 Å². The molecule has 0 aliphatic rings. The second-order valence-electron chi connectivity index (χ2n) is 7.99. The number of carboxylic acid groups (broad SMARTS) is 1. The SMILES string of the molecule is CCCSCCCN(CCOc1ccc(CC(OCC)C(=O)O)cc1)C(=O)Nc1ccc(F)cc1F. The van der Waals surface area contributed by atoms with E-state index in [1.54, 1.807) is 36.1 Å². The zero-order chi connectivity index (χ0) is 26.3. The van der Waals surface area contributed by atoms with Crippen LogP contribution in [-0.4, -0.2) is 65.9 Å². The van der Waals surface area contributed by atoms with E-state index in [-0.39, 0.29) is 25.3 Å². The van der Waals surface area contributed by atoms with E-state index in [4.69, 9.17) is 9.47 Å². The summed E-state index contributed by atoms with van der Waals surface area (Å²) in [6.07, 6.45) is 1.18. The van der Waals surface area contributed by atoms with Crippen LogP contribution in [0.5, 0.6) is 5.75 Å². The van der Waals surface area contributed by atoms with Gasteiger partial charge in [-0.15, -0.1) is 0 Å². The van der Waals surface area contributed by atoms with Gasteiger partial charge in [-0.1, -0.05) is 19.1 Å². The first-order valence-corrected chi connectivity index (χ1v) is 13.1. The highest BCUT2D eigenvalue weighted by molar-refractivity contribution is 7.99. The van der Waals surface area contributed by atoms with E-state index in [0.29, 0.717) is 18.9 Å². The Kier molecular flexibility index (Phi) is 13.1. The predicted octanol–water partition coefficient (Wildman–Crippen LogP) is 5.44. The molecule has 2 rings (SSSR count). The number of nitrogens with one attached hydrogen (secondary N) is 1. The quantitative estimate of drug-likeness (QED) is 0.284. The van der Waals surface area contributed by atoms with Gasteiger partial charge in [0.05, 0.1) is 12.2 Å². The van der Waals surface area contributed by atoms with Crippen molar-refractivity contribution in [2.45, 2.75) is 39.2 Å². The summed E-state index contributed by atoms with van der Waals surface area (Å²) in [6, 6.07) is 9.53. The van der Waals surface area contributed by atoms with Crippen LogP contribution in [0.1, 0.15) is 32.3 Å². The number of nitrogens with zero attached hydrogens (tertiary/aromatic N) is 1. The molecule has 0 aromatic heterocycles. The van der Waals surface area contributed by atoms with Crippen LogP contribution < -0.4 is 10.1 Å². The molecule has 0 heterocycles. The minimum Gasteiger partial charge on any atom is -0.492 e. The van der Waals surface area contributed by atoms with Crippen LogP contribution in [-0.2, 0) is 16.0 Å². The van der Waals surface area contributed by atoms with Gasteiger partial charge in [0.1, 0.15) is 24.0 Å². The molecule has 0 radical (unpaired) electrons. The number of urea groups is 1. The molecule has 1 unspecified atom stereocenters. The van der Waals surface area contributed by atoms with E-state index in [2.05, 4.69) is 12.2 Å². The zero-order valence-corrected chi connectivity index (χ0v) is 21.5. The molecule has 1 atom stereocenters. The highest BCUT2D eigenvalue weighted by Crippen LogP contribution is 2.17. The zero-order valence-electron chi connectivity index (χ0n) is 20.7. The number of amides is 2. The number of ether oxygens (including phenoxy) is 2. The molecule has 7 nitrogen and oxygen atoms in total. The Morgan fingerprint density at radius 1 is 1.08 bits per heavy atom. The second-order valence-corrected chi connectivity index (χ2v) is 9.21. The molecule has 10 heteroatoms. The van der Waals surface area contributed by atoms with Crippen molar-refractivity contribution in [1.29, 1.82) is 0 Å². The lowest BCUT2D eigenvalue weighted by atomic mass is 10.1. The van der Waals surface area contributed by atoms with Crippen molar-refractivity contribution < 1.29 is 33.0 Å². The Morgan fingerprint density at radius 2 is 1.83 bits per heavy atom. The minimum atomic E-state index is -1.01. The number of carboxylic acids is 1. The molecule has 2 N–H and O–H groups in total. The van der Waals surface area contributed by atoms with Crippen LogP contribution in [0.4, 0.5) is 19.3 Å². The number of hydrogen-bond acceptors (Lipinski definition) is 5. The third-order valence-electron chi connectivity index (χ3n) is 5.14. The molecule has 0 spiro atoms. The molecule has 36 heavy (non-hydrogen) atoms. The van der Waals surface area contributed by atoms with Gasteiger partial charge in [0.15, 0.2) is 6.10 Å². The normalized spacial score (nSPS) is 11.7. The fraction of sp³-hybridized carbons (Fsp3) is 0.462. The lowest BCUT2D eigenvalue weighted by Gasteiger charge is -2.23. The van der Waals surface area contributed by atoms with E-state index in [0.717, 1.165) is 42.0 Å². The number of aliphatic carboxylic acids is 1. The maximum absolute atomic E-state index is 14.0. The smallest absolute Gasteiger partial charge is 0.333 e. The monoisotopic (exact) mass is 524 g/mol. The van der Waals surface area contributed by atoms with E-state index < -0.39 is 29.7 Å². The third-order valence-corrected chi connectivity index (χ3v) is 6.42. The number of halogens is 2. The van der Waals surface area contributed by atoms with Gasteiger partial charge in [-0.05, 0) is 61.1 Å². The maximum Gasteiger partial charge on any atom is 0.333 e. The number of carbonyl (C=O) groups excluding carboxylic acids is 1. The van der Waals surface area contributed by atoms with Crippen molar-refractivity contribution in [3.8, 4) is 5.75 Å². The van der Waals surface area contributed by atoms with Crippen LogP contribution in [0.25, 0.3) is 0 Å². The van der Waals surface area contributed by atoms with Crippen molar-refractivity contribution in [1.82, 2.24) is 4.90 Å². The average Bonchev–Trinajstić information content (AvgIpc) is 2.85. The van der Waals surface area contributed by atoms with Gasteiger partial charge in [-0.2, -0.15) is 11.8 Å². The molecule has 0 bridgehead atoms. The maximum atomic E-state index is 14.0. The Hall–Kier alpha value is -2.85. The molecule has 2 amide bonds. The number of thioether (sulfide) groups is 1. The Bertz CT molecular complexity index is 962. The topological polar surface area (TPSA) is 88.1 Å². The fourth-order valence-electron chi connectivity index (χ4n) is 3.33. The van der Waals surface area contributed by atoms with Crippen LogP contribution in [0, 0.1) is 11.6 Å². The Morgan fingerprint density at radius 3 is 2.47 bits per heavy atom. The third kappa shape index (κ3) is 10.4. The van der Waals surface area contributed by atoms with Gasteiger partial charge in [0, 0.05) is 25.6 Å². The van der Waals surface area contributed by atoms with Crippen molar-refractivity contribution in [3.05, 3.63) is 59.7 Å². The summed E-state index contributed by atoms with van der Waals surface area (Å²) in [5.74, 6) is -0.0540. The molecule has 198 valence electrons. The first-order chi connectivity index (χ1) is 17.3. The summed E-state index contributed by atoms with van der Waals surface area (Å²) in [4.78, 5) is 25.6. The fourth-order valence-corrected chi connectivity index (χ4v) is 4.16. The van der Waals surface area contributed by atoms with Gasteiger partial charge in [-0.25, -0.2) is 18.4 Å². The minimum absolute atomic E-state index is 0.0880. The van der Waals surface area contributed by atoms with E-state index in [1.807, 2.05) is 11.8 Å². The Balaban J connectivity index is 1.93. The lowest BCUT2D eigenvalue weighted by Crippen LogP contribution is -2.39. The van der Waals surface area contributed by atoms with E-state index >= 15 is 0 Å². The molecular formula is C26H34F2N2O5S. The number of carbonyl (C=O) groups is 2. The largest absolute Gasteiger partial charge is 0.492 e. The first kappa shape index (κ1) is 29.4. The average molecular weight is 525 g/mol. The molecule has 0 fully saturated rings. The van der Waals surface area contributed by atoms with Gasteiger partial charge >= 0.3 is 12.0 Å². The summed E-state index contributed by atoms with van der Waals surface area (Å²) >= 11 is 1.81. The number of benzene rings is 2. The highest BCUT2D eigenvalue weighted by Gasteiger charge is 2.18. The van der Waals surface area contributed by atoms with Crippen molar-refractivity contribution in [2.75, 3.05) is 43.1 Å². The van der Waals surface area contributed by atoms with E-state index in [9.17, 15) is 23.5 Å². The summed E-state index contributed by atoms with van der Waals surface area (Å²) in [5.41, 5.74) is 0.713. The molecule has 0 saturated carbocycles. The van der Waals surface area contributed by atoms with Crippen LogP contribution in [0.15, 0.2) is 42.5 Å². The van der Waals surface area contributed by atoms with Crippen molar-refractivity contribution in [3.63, 3.8) is 0 Å². The molecule has 0 saturated heterocycles. The van der Waals surface area contributed by atoms with Gasteiger partial charge in [0.2, 0.25) is 0 Å². The number of rotatable bonds is 16. The summed E-state index contributed by atoms with van der Waals surface area (Å²) < 4.78 is 38.2. The molecule has 2 aromatic rings. The summed E-state index contributed by atoms with van der Waals surface area (Å²) in [7, 11) is 0. The first-order valence-electron chi connectivity index (χ1n) is 12.0. The lowest BCUT2D eigenvalue weighted by molar-refractivity contribution is -0.149. The summed E-state index contributed by atoms with van der Waals surface area (Å²) in [6.45, 7) is 5.10. The van der Waals surface area contributed by atoms with E-state index in [1.165, 1.54) is 6.07 Å². The number of hydrogen-bond donors (Lipinski definition) is 2. The predicted molar refractivity (Wildman–Crippen MR) is 138 cm³/mol. The van der Waals surface area contributed by atoms with Crippen LogP contribution >= 0.6 is 11.8 Å². The highest BCUT2D eigenvalue weighted by atomic mass is 32.2. The van der Waals surface area contributed by atoms with Gasteiger partial charge in [0.25, 0.3) is 0 Å². The van der Waals surface area contributed by atoms with Crippen LogP contribution in [0.2, 0.25) is 0 Å². The molecule has 2 aromatic carbocycles. The molecular weight excluding hydrogens is 490 g/mol. The standard InChI is InChI=1S/C26H34F2N2O5S/c1-3-15-36-16-5-12-30(26(33)29-23-11-8-20(27)18-22(23)28)13-14-35-21-9-6-19(7-10-21)17-24(25(31)32)34-4-2/h6-11,18,24H,3-5,12-17H2,1-2H3,(H,29,33)(H,31,32). The number of anilines is 1.